The summed E-state index contributed by atoms with van der Waals surface area (Å²) < 4.78 is 0. The van der Waals surface area contributed by atoms with E-state index in [9.17, 15) is 0 Å². The fraction of sp³-hybridized carbons (Fsp3) is 0. The van der Waals surface area contributed by atoms with E-state index >= 15 is 0 Å². The summed E-state index contributed by atoms with van der Waals surface area (Å²) in [6.45, 7) is 0. The highest BCUT2D eigenvalue weighted by Gasteiger charge is 2.54. The van der Waals surface area contributed by atoms with Crippen LogP contribution in [0.3, 0.4) is 0 Å². The lowest BCUT2D eigenvalue weighted by Crippen LogP contribution is -3.00. The second-order valence-electron chi connectivity index (χ2n) is 6.80. The Kier molecular flexibility index (Phi) is 5.48. The van der Waals surface area contributed by atoms with Crippen molar-refractivity contribution in [1.82, 2.24) is 0 Å². The summed E-state index contributed by atoms with van der Waals surface area (Å²) in [5, 5.41) is 5.73. The second-order valence-corrected chi connectivity index (χ2v) is 10.1. The van der Waals surface area contributed by atoms with Crippen molar-refractivity contribution >= 4 is 34.6 Å². The molecule has 5 rings (SSSR count). The zero-order chi connectivity index (χ0) is 18.1. The third kappa shape index (κ3) is 2.94. The molecule has 0 unspecified atom stereocenters. The number of hydrogen-bond acceptors (Lipinski definition) is 0. The van der Waals surface area contributed by atoms with Gasteiger partial charge in [-0.1, -0.05) is 84.9 Å². The largest absolute Gasteiger partial charge is 1.00 e. The number of benzene rings is 4. The minimum Gasteiger partial charge on any atom is -1.00 e. The molecule has 0 nitrogen and oxygen atoms in total. The molecular weight excluding hydrogens is 470 g/mol. The minimum atomic E-state index is -1.91. The van der Waals surface area contributed by atoms with E-state index in [-0.39, 0.29) is 24.0 Å². The molecule has 0 bridgehead atoms. The van der Waals surface area contributed by atoms with Crippen LogP contribution >= 0.6 is 7.26 Å². The molecule has 0 saturated heterocycles. The summed E-state index contributed by atoms with van der Waals surface area (Å²) in [4.78, 5) is 0. The molecule has 136 valence electrons. The summed E-state index contributed by atoms with van der Waals surface area (Å²) in [5.41, 5.74) is 2.66. The summed E-state index contributed by atoms with van der Waals surface area (Å²) >= 11 is 0. The first-order valence-corrected chi connectivity index (χ1v) is 11.1. The standard InChI is InChI=1S/C26H20P.HI/c1-4-12-21(13-5-1)26-20-22-14-10-11-19-25(22)27(26,23-15-6-2-7-16-23)24-17-8-3-9-18-24;/h1-20H;1H/q+1;/p-1. The lowest BCUT2D eigenvalue weighted by Gasteiger charge is -2.26. The van der Waals surface area contributed by atoms with Crippen LogP contribution in [0.25, 0.3) is 11.4 Å². The first kappa shape index (κ1) is 19.1. The van der Waals surface area contributed by atoms with Gasteiger partial charge in [-0.2, -0.15) is 0 Å². The molecule has 1 heterocycles. The molecule has 0 atom stereocenters. The Morgan fingerprint density at radius 2 is 0.929 bits per heavy atom. The Balaban J connectivity index is 0.00000192. The number of rotatable bonds is 3. The van der Waals surface area contributed by atoms with Gasteiger partial charge in [-0.25, -0.2) is 0 Å². The minimum absolute atomic E-state index is 0. The van der Waals surface area contributed by atoms with Crippen molar-refractivity contribution in [1.29, 1.82) is 0 Å². The average Bonchev–Trinajstić information content (AvgIpc) is 3.12. The number of fused-ring (bicyclic) bond motifs is 1. The fourth-order valence-corrected chi connectivity index (χ4v) is 8.80. The topological polar surface area (TPSA) is 0 Å². The van der Waals surface area contributed by atoms with E-state index in [1.807, 2.05) is 0 Å². The summed E-state index contributed by atoms with van der Waals surface area (Å²) in [5.74, 6) is 0. The Hall–Kier alpha value is -2.22. The molecule has 1 aliphatic rings. The van der Waals surface area contributed by atoms with Crippen molar-refractivity contribution in [2.24, 2.45) is 0 Å². The van der Waals surface area contributed by atoms with Gasteiger partial charge < -0.3 is 24.0 Å². The van der Waals surface area contributed by atoms with Crippen LogP contribution in [0, 0.1) is 0 Å². The molecule has 0 saturated carbocycles. The highest BCUT2D eigenvalue weighted by molar-refractivity contribution is 8.04. The Morgan fingerprint density at radius 3 is 1.50 bits per heavy atom. The van der Waals surface area contributed by atoms with Crippen molar-refractivity contribution < 1.29 is 24.0 Å². The quantitative estimate of drug-likeness (QED) is 0.306. The third-order valence-corrected chi connectivity index (χ3v) is 9.69. The molecule has 0 N–H and O–H groups in total. The predicted molar refractivity (Wildman–Crippen MR) is 119 cm³/mol. The van der Waals surface area contributed by atoms with Crippen molar-refractivity contribution in [2.75, 3.05) is 0 Å². The van der Waals surface area contributed by atoms with Gasteiger partial charge in [0.05, 0.1) is 0 Å². The molecular formula is C26H20IP. The van der Waals surface area contributed by atoms with Gasteiger partial charge in [-0.05, 0) is 36.4 Å². The Labute approximate surface area is 184 Å². The van der Waals surface area contributed by atoms with Gasteiger partial charge in [-0.3, -0.25) is 0 Å². The van der Waals surface area contributed by atoms with Crippen LogP contribution in [-0.4, -0.2) is 0 Å². The average molecular weight is 490 g/mol. The van der Waals surface area contributed by atoms with Crippen molar-refractivity contribution in [3.05, 3.63) is 126 Å². The van der Waals surface area contributed by atoms with Gasteiger partial charge >= 0.3 is 0 Å². The lowest BCUT2D eigenvalue weighted by atomic mass is 10.1. The van der Waals surface area contributed by atoms with Gasteiger partial charge in [0.15, 0.2) is 0 Å². The van der Waals surface area contributed by atoms with E-state index in [0.717, 1.165) is 0 Å². The van der Waals surface area contributed by atoms with E-state index in [1.54, 1.807) is 0 Å². The SMILES string of the molecule is C1=C(c2ccccc2)[P+](c2ccccc2)(c2ccccc2)c2ccccc21.[I-]. The molecule has 4 aromatic rings. The first-order valence-electron chi connectivity index (χ1n) is 9.28. The normalized spacial score (nSPS) is 13.9. The molecule has 2 heteroatoms. The zero-order valence-corrected chi connectivity index (χ0v) is 18.4. The Morgan fingerprint density at radius 1 is 0.464 bits per heavy atom. The molecule has 4 aromatic carbocycles. The van der Waals surface area contributed by atoms with E-state index in [1.165, 1.54) is 32.4 Å². The Bertz CT molecular complexity index is 1060. The van der Waals surface area contributed by atoms with Crippen molar-refractivity contribution in [2.45, 2.75) is 0 Å². The summed E-state index contributed by atoms with van der Waals surface area (Å²) in [7, 11) is -1.91. The van der Waals surface area contributed by atoms with Crippen LogP contribution in [0.2, 0.25) is 0 Å². The molecule has 0 amide bonds. The smallest absolute Gasteiger partial charge is 0.145 e. The maximum Gasteiger partial charge on any atom is 0.145 e. The maximum atomic E-state index is 2.42. The summed E-state index contributed by atoms with van der Waals surface area (Å²) in [6.07, 6.45) is 2.42. The van der Waals surface area contributed by atoms with E-state index in [0.29, 0.717) is 0 Å². The molecule has 0 spiro atoms. The highest BCUT2D eigenvalue weighted by atomic mass is 127. The molecule has 1 aliphatic heterocycles. The van der Waals surface area contributed by atoms with E-state index < -0.39 is 7.26 Å². The lowest BCUT2D eigenvalue weighted by molar-refractivity contribution is -0.00000501. The van der Waals surface area contributed by atoms with Crippen LogP contribution in [0.5, 0.6) is 0 Å². The van der Waals surface area contributed by atoms with Gasteiger partial charge in [-0.15, -0.1) is 0 Å². The fourth-order valence-electron chi connectivity index (χ4n) is 4.18. The van der Waals surface area contributed by atoms with E-state index in [2.05, 4.69) is 121 Å². The molecule has 0 aliphatic carbocycles. The van der Waals surface area contributed by atoms with Crippen LogP contribution in [-0.2, 0) is 0 Å². The second kappa shape index (κ2) is 8.03. The number of halogens is 1. The molecule has 0 fully saturated rings. The zero-order valence-electron chi connectivity index (χ0n) is 15.4. The molecule has 28 heavy (non-hydrogen) atoms. The predicted octanol–water partition coefficient (Wildman–Crippen LogP) is 2.50. The van der Waals surface area contributed by atoms with Crippen molar-refractivity contribution in [3.8, 4) is 0 Å². The van der Waals surface area contributed by atoms with Crippen molar-refractivity contribution in [3.63, 3.8) is 0 Å². The third-order valence-electron chi connectivity index (χ3n) is 5.31. The van der Waals surface area contributed by atoms with Gasteiger partial charge in [0.2, 0.25) is 0 Å². The monoisotopic (exact) mass is 490 g/mol. The van der Waals surface area contributed by atoms with Crippen LogP contribution in [0.15, 0.2) is 115 Å². The summed E-state index contributed by atoms with van der Waals surface area (Å²) in [6, 6.07) is 41.9. The van der Waals surface area contributed by atoms with Crippen LogP contribution in [0.4, 0.5) is 0 Å². The first-order chi connectivity index (χ1) is 13.4. The number of hydrogen-bond donors (Lipinski definition) is 0. The van der Waals surface area contributed by atoms with Gasteiger partial charge in [0.1, 0.15) is 28.5 Å². The van der Waals surface area contributed by atoms with E-state index in [4.69, 9.17) is 0 Å². The molecule has 0 aromatic heterocycles. The maximum absolute atomic E-state index is 2.42. The van der Waals surface area contributed by atoms with Gasteiger partial charge in [0, 0.05) is 11.1 Å². The van der Waals surface area contributed by atoms with Crippen LogP contribution in [0.1, 0.15) is 11.1 Å². The van der Waals surface area contributed by atoms with Gasteiger partial charge in [0.25, 0.3) is 0 Å². The van der Waals surface area contributed by atoms with Crippen LogP contribution < -0.4 is 39.9 Å². The molecule has 0 radical (unpaired) electrons. The highest BCUT2D eigenvalue weighted by Crippen LogP contribution is 2.70.